The molecule has 0 fully saturated rings. The molecule has 0 aliphatic carbocycles. The molecule has 0 aromatic carbocycles. The number of rotatable bonds is 5. The van der Waals surface area contributed by atoms with Gasteiger partial charge >= 0.3 is 0 Å². The van der Waals surface area contributed by atoms with E-state index in [2.05, 4.69) is 38.7 Å². The fourth-order valence-electron chi connectivity index (χ4n) is 1.19. The highest BCUT2D eigenvalue weighted by Gasteiger charge is 2.03. The first kappa shape index (κ1) is 12.0. The van der Waals surface area contributed by atoms with Crippen LogP contribution in [0.15, 0.2) is 36.1 Å². The van der Waals surface area contributed by atoms with Crippen molar-refractivity contribution >= 4 is 0 Å². The predicted molar refractivity (Wildman–Crippen MR) is 60.6 cm³/mol. The zero-order chi connectivity index (χ0) is 10.3. The molecule has 0 aromatic heterocycles. The van der Waals surface area contributed by atoms with E-state index in [-0.39, 0.29) is 0 Å². The highest BCUT2D eigenvalue weighted by atomic mass is 14.8. The number of hydrogen-bond acceptors (Lipinski definition) is 1. The summed E-state index contributed by atoms with van der Waals surface area (Å²) in [5.41, 5.74) is 2.80. The van der Waals surface area contributed by atoms with Gasteiger partial charge in [0.05, 0.1) is 0 Å². The second-order valence-corrected chi connectivity index (χ2v) is 3.24. The van der Waals surface area contributed by atoms with Crippen molar-refractivity contribution in [3.63, 3.8) is 0 Å². The number of hydrogen-bond donors (Lipinski definition) is 1. The Morgan fingerprint density at radius 2 is 2.15 bits per heavy atom. The van der Waals surface area contributed by atoms with E-state index >= 15 is 0 Å². The topological polar surface area (TPSA) is 12.0 Å². The van der Waals surface area contributed by atoms with Crippen LogP contribution < -0.4 is 5.32 Å². The molecule has 0 saturated carbocycles. The van der Waals surface area contributed by atoms with Crippen molar-refractivity contribution in [2.45, 2.75) is 27.2 Å². The fraction of sp³-hybridized carbons (Fsp3) is 0.500. The van der Waals surface area contributed by atoms with Gasteiger partial charge in [0.2, 0.25) is 0 Å². The van der Waals surface area contributed by atoms with Crippen LogP contribution >= 0.6 is 0 Å². The zero-order valence-corrected chi connectivity index (χ0v) is 9.22. The summed E-state index contributed by atoms with van der Waals surface area (Å²) < 4.78 is 0. The Balaban J connectivity index is 4.74. The van der Waals surface area contributed by atoms with Gasteiger partial charge in [0, 0.05) is 7.05 Å². The summed E-state index contributed by atoms with van der Waals surface area (Å²) in [6.45, 7) is 10.3. The van der Waals surface area contributed by atoms with Crippen LogP contribution in [0.4, 0.5) is 0 Å². The molecule has 0 saturated heterocycles. The zero-order valence-electron chi connectivity index (χ0n) is 9.22. The largest absolute Gasteiger partial charge is 0.394 e. The fourth-order valence-corrected chi connectivity index (χ4v) is 1.19. The van der Waals surface area contributed by atoms with Crippen molar-refractivity contribution in [3.8, 4) is 0 Å². The van der Waals surface area contributed by atoms with Gasteiger partial charge in [-0.1, -0.05) is 25.5 Å². The molecule has 13 heavy (non-hydrogen) atoms. The van der Waals surface area contributed by atoms with E-state index in [4.69, 9.17) is 0 Å². The van der Waals surface area contributed by atoms with Crippen molar-refractivity contribution in [1.29, 1.82) is 0 Å². The van der Waals surface area contributed by atoms with Crippen molar-refractivity contribution in [3.05, 3.63) is 36.1 Å². The Hall–Kier alpha value is -0.980. The van der Waals surface area contributed by atoms with Crippen LogP contribution in [-0.2, 0) is 0 Å². The van der Waals surface area contributed by atoms with Crippen LogP contribution in [0.1, 0.15) is 27.2 Å². The van der Waals surface area contributed by atoms with E-state index < -0.39 is 0 Å². The van der Waals surface area contributed by atoms with Crippen LogP contribution in [0.5, 0.6) is 0 Å². The summed E-state index contributed by atoms with van der Waals surface area (Å²) in [4.78, 5) is 0. The van der Waals surface area contributed by atoms with Gasteiger partial charge in [0.25, 0.3) is 0 Å². The minimum absolute atomic E-state index is 0.435. The highest BCUT2D eigenvalue weighted by molar-refractivity contribution is 5.28. The SMILES string of the molecule is C=CC(C)C(/C=C\NC)=C(/C)CC. The van der Waals surface area contributed by atoms with Crippen molar-refractivity contribution < 1.29 is 0 Å². The third-order valence-corrected chi connectivity index (χ3v) is 2.30. The van der Waals surface area contributed by atoms with Crippen molar-refractivity contribution in [1.82, 2.24) is 5.32 Å². The molecule has 1 atom stereocenters. The van der Waals surface area contributed by atoms with E-state index in [0.717, 1.165) is 6.42 Å². The van der Waals surface area contributed by atoms with E-state index in [1.807, 2.05) is 19.3 Å². The van der Waals surface area contributed by atoms with Gasteiger partial charge in [-0.3, -0.25) is 0 Å². The molecule has 0 aromatic rings. The van der Waals surface area contributed by atoms with Gasteiger partial charge in [0.15, 0.2) is 0 Å². The van der Waals surface area contributed by atoms with Gasteiger partial charge in [-0.2, -0.15) is 0 Å². The maximum atomic E-state index is 3.82. The third kappa shape index (κ3) is 3.97. The summed E-state index contributed by atoms with van der Waals surface area (Å²) in [5.74, 6) is 0.435. The Morgan fingerprint density at radius 1 is 1.54 bits per heavy atom. The molecule has 0 amide bonds. The van der Waals surface area contributed by atoms with Crippen molar-refractivity contribution in [2.75, 3.05) is 7.05 Å². The van der Waals surface area contributed by atoms with Crippen molar-refractivity contribution in [2.24, 2.45) is 5.92 Å². The van der Waals surface area contributed by atoms with Crippen LogP contribution in [0.2, 0.25) is 0 Å². The second-order valence-electron chi connectivity index (χ2n) is 3.24. The quantitative estimate of drug-likeness (QED) is 0.504. The van der Waals surface area contributed by atoms with Crippen LogP contribution in [0, 0.1) is 5.92 Å². The smallest absolute Gasteiger partial charge is 0.00277 e. The lowest BCUT2D eigenvalue weighted by molar-refractivity contribution is 0.856. The summed E-state index contributed by atoms with van der Waals surface area (Å²) in [6.07, 6.45) is 7.18. The van der Waals surface area contributed by atoms with E-state index in [1.165, 1.54) is 11.1 Å². The first-order valence-electron chi connectivity index (χ1n) is 4.83. The molecule has 74 valence electrons. The molecule has 1 heteroatoms. The predicted octanol–water partition coefficient (Wildman–Crippen LogP) is 3.27. The van der Waals surface area contributed by atoms with Gasteiger partial charge in [-0.05, 0) is 37.1 Å². The Bertz CT molecular complexity index is 211. The highest BCUT2D eigenvalue weighted by Crippen LogP contribution is 2.19. The molecule has 0 heterocycles. The number of allylic oxidation sites excluding steroid dienone is 4. The summed E-state index contributed by atoms with van der Waals surface area (Å²) in [5, 5.41) is 3.01. The summed E-state index contributed by atoms with van der Waals surface area (Å²) >= 11 is 0. The average molecular weight is 179 g/mol. The number of nitrogens with one attached hydrogen (secondary N) is 1. The molecule has 0 aliphatic rings. The van der Waals surface area contributed by atoms with Crippen LogP contribution in [0.25, 0.3) is 0 Å². The summed E-state index contributed by atoms with van der Waals surface area (Å²) in [6, 6.07) is 0. The van der Waals surface area contributed by atoms with Crippen LogP contribution in [0.3, 0.4) is 0 Å². The van der Waals surface area contributed by atoms with Crippen LogP contribution in [-0.4, -0.2) is 7.05 Å². The Kier molecular flexibility index (Phi) is 6.03. The van der Waals surface area contributed by atoms with E-state index in [9.17, 15) is 0 Å². The third-order valence-electron chi connectivity index (χ3n) is 2.30. The Labute approximate surface area is 82.2 Å². The lowest BCUT2D eigenvalue weighted by Gasteiger charge is -2.11. The van der Waals surface area contributed by atoms with Gasteiger partial charge in [-0.25, -0.2) is 0 Å². The standard InChI is InChI=1S/C12H21N/c1-6-10(3)12(8-9-13-5)11(4)7-2/h6,8-10,13H,1,7H2,2-5H3/b9-8-,12-11-. The van der Waals surface area contributed by atoms with Gasteiger partial charge in [-0.15, -0.1) is 6.58 Å². The molecule has 0 radical (unpaired) electrons. The van der Waals surface area contributed by atoms with Gasteiger partial charge < -0.3 is 5.32 Å². The first-order valence-corrected chi connectivity index (χ1v) is 4.83. The molecular weight excluding hydrogens is 158 g/mol. The monoisotopic (exact) mass is 179 g/mol. The van der Waals surface area contributed by atoms with E-state index in [0.29, 0.717) is 5.92 Å². The van der Waals surface area contributed by atoms with E-state index in [1.54, 1.807) is 0 Å². The molecule has 1 nitrogen and oxygen atoms in total. The lowest BCUT2D eigenvalue weighted by atomic mass is 9.95. The first-order chi connectivity index (χ1) is 6.17. The maximum absolute atomic E-state index is 3.82. The minimum atomic E-state index is 0.435. The molecule has 0 spiro atoms. The molecular formula is C12H21N. The van der Waals surface area contributed by atoms with Gasteiger partial charge in [0.1, 0.15) is 0 Å². The summed E-state index contributed by atoms with van der Waals surface area (Å²) in [7, 11) is 1.91. The Morgan fingerprint density at radius 3 is 2.54 bits per heavy atom. The minimum Gasteiger partial charge on any atom is -0.394 e. The lowest BCUT2D eigenvalue weighted by Crippen LogP contribution is -1.99. The molecule has 1 unspecified atom stereocenters. The molecule has 0 rings (SSSR count). The average Bonchev–Trinajstić information content (AvgIpc) is 2.17. The molecule has 0 aliphatic heterocycles. The molecule has 1 N–H and O–H groups in total. The maximum Gasteiger partial charge on any atom is 0.00277 e. The second kappa shape index (κ2) is 6.53. The molecule has 0 bridgehead atoms. The normalized spacial score (nSPS) is 15.4.